The first kappa shape index (κ1) is 90.0. The summed E-state index contributed by atoms with van der Waals surface area (Å²) in [7, 11) is 3.63. The van der Waals surface area contributed by atoms with Crippen LogP contribution in [-0.4, -0.2) is 215 Å². The molecule has 0 fully saturated rings. The Balaban J connectivity index is 0.000000112. The first-order chi connectivity index (χ1) is 69.0. The van der Waals surface area contributed by atoms with Crippen LogP contribution < -0.4 is 54.8 Å². The van der Waals surface area contributed by atoms with Gasteiger partial charge < -0.3 is 69.2 Å². The molecule has 40 heteroatoms. The lowest BCUT2D eigenvalue weighted by Crippen LogP contribution is -2.29. The van der Waals surface area contributed by atoms with E-state index in [4.69, 9.17) is 22.9 Å². The van der Waals surface area contributed by atoms with Crippen molar-refractivity contribution in [2.24, 2.45) is 15.0 Å². The highest BCUT2D eigenvalue weighted by atomic mass is 16.2. The zero-order valence-electron chi connectivity index (χ0n) is 78.3. The molecule has 0 atom stereocenters. The van der Waals surface area contributed by atoms with Crippen LogP contribution in [-0.2, 0) is 71.0 Å². The van der Waals surface area contributed by atoms with Gasteiger partial charge >= 0.3 is 0 Å². The van der Waals surface area contributed by atoms with Gasteiger partial charge in [0.05, 0.1) is 54.4 Å². The Morgan fingerprint density at radius 3 is 1.01 bits per heavy atom. The van der Waals surface area contributed by atoms with Gasteiger partial charge in [0, 0.05) is 266 Å². The summed E-state index contributed by atoms with van der Waals surface area (Å²) in [6.07, 6.45) is 37.8. The van der Waals surface area contributed by atoms with Crippen molar-refractivity contribution in [1.82, 2.24) is 124 Å². The molecule has 16 aromatic heterocycles. The van der Waals surface area contributed by atoms with E-state index < -0.39 is 0 Å². The Morgan fingerprint density at radius 1 is 0.352 bits per heavy atom. The smallest absolute Gasteiger partial charge is 0.244 e. The Bertz CT molecular complexity index is 7940. The third kappa shape index (κ3) is 18.6. The largest absolute Gasteiger partial charge is 0.383 e. The van der Waals surface area contributed by atoms with E-state index in [9.17, 15) is 19.2 Å². The van der Waals surface area contributed by atoms with E-state index in [2.05, 4.69) is 155 Å². The molecule has 142 heavy (non-hydrogen) atoms. The van der Waals surface area contributed by atoms with Gasteiger partial charge in [-0.2, -0.15) is 20.4 Å². The number of amides is 4. The van der Waals surface area contributed by atoms with E-state index >= 15 is 0 Å². The minimum absolute atomic E-state index is 0.0369. The van der Waals surface area contributed by atoms with Gasteiger partial charge in [0.2, 0.25) is 23.6 Å². The van der Waals surface area contributed by atoms with Gasteiger partial charge in [0.25, 0.3) is 0 Å². The van der Waals surface area contributed by atoms with Gasteiger partial charge in [-0.05, 0) is 161 Å². The minimum atomic E-state index is -0.0386. The number of imidazole rings is 1. The molecule has 0 saturated carbocycles. The van der Waals surface area contributed by atoms with E-state index in [0.717, 1.165) is 198 Å². The molecule has 40 nitrogen and oxygen atoms in total. The molecule has 4 amide bonds. The molecule has 0 unspecified atom stereocenters. The summed E-state index contributed by atoms with van der Waals surface area (Å²) in [4.78, 5) is 119. The third-order valence-electron chi connectivity index (χ3n) is 26.1. The fourth-order valence-corrected chi connectivity index (χ4v) is 18.3. The molecule has 14 N–H and O–H groups in total. The normalized spacial score (nSPS) is 14.7. The standard InChI is InChI=1S/2C26H25N9O.2C25H23N9O/c2*1-15-19(16-3-5-28-10-16)11-29-12-20(15)22-7-17-8-23(30-13-21(17)26(27)31-22)32-24-9-18-4-6-34(2)25(36)14-35(18)33-24;1-14-18(15-2-4-27-9-15)10-28-11-19(14)21-6-16-7-22(30-12-20(16)25(26)31-21)32-23-8-17-3-5-29-24(35)13-34(17)33-23;1-15-18(3-2-4-21(15)33-8-7-27-14-33)20-9-16-10-22(29-12-19(16)25(26)30-20)31-23-11-17-5-6-28-24(35)13-34(17)32-23/h2*3,5,7-9,11-13H,4,6,10,14H2,1-2H3,(H2,27,31)(H,30,32,33);2,4,6-8,10-12H,3,5,9,13H2,1H3,(H2,26,31)(H,29,35)(H,30,32,33);2-4,7-12,14H,5-6,13H2,1H3,(H2,26,30)(H,28,35)(H,29,31,32). The molecule has 24 rings (SSSR count). The molecule has 0 bridgehead atoms. The summed E-state index contributed by atoms with van der Waals surface area (Å²) in [6, 6.07) is 29.7. The van der Waals surface area contributed by atoms with Crippen molar-refractivity contribution in [1.29, 1.82) is 0 Å². The zero-order valence-corrected chi connectivity index (χ0v) is 78.3. The second-order valence-corrected chi connectivity index (χ2v) is 35.3. The number of benzene rings is 1. The quantitative estimate of drug-likeness (QED) is 0.0429. The van der Waals surface area contributed by atoms with Crippen LogP contribution in [0.15, 0.2) is 205 Å². The van der Waals surface area contributed by atoms with Crippen molar-refractivity contribution in [2.75, 3.05) is 104 Å². The number of nitrogens with zero attached hydrogens (tertiary/aromatic N) is 26. The van der Waals surface area contributed by atoms with Crippen LogP contribution in [0.25, 0.3) is 111 Å². The number of hydrogen-bond donors (Lipinski definition) is 10. The molecule has 0 spiro atoms. The van der Waals surface area contributed by atoms with Crippen molar-refractivity contribution >= 4 is 172 Å². The van der Waals surface area contributed by atoms with E-state index in [-0.39, 0.29) is 49.8 Å². The van der Waals surface area contributed by atoms with Crippen molar-refractivity contribution in [3.05, 3.63) is 252 Å². The molecule has 0 radical (unpaired) electrons. The average molecular weight is 1890 g/mol. The van der Waals surface area contributed by atoms with Crippen LogP contribution in [0.5, 0.6) is 0 Å². The number of rotatable bonds is 16. The molecule has 1 aromatic carbocycles. The summed E-state index contributed by atoms with van der Waals surface area (Å²) in [6.45, 7) is 13.7. The monoisotopic (exact) mass is 1890 g/mol. The minimum Gasteiger partial charge on any atom is -0.383 e. The SMILES string of the molecule is Cc1c(-c2cc3cc(Nc4cc5n(n4)CC(=O)NCC5)ncc3c(N)n2)cccc1-n1ccnc1.Cc1c(C2=CC=NC2)cncc1-c1cc2cc(Nc3cc4n(n3)CC(=O)N(C)CC4)ncc2c(N)n1.Cc1c(C2=CC=NC2)cncc1-c1cc2cc(Nc3cc4n(n3)CC(=O)N(C)CC4)ncc2c(N)n1.Cc1c(C2=CC=NC2)cncc1-c1cc2cc(Nc3cc4n(n3)CC(=O)NCC4)ncc2c(N)n1. The number of anilines is 12. The van der Waals surface area contributed by atoms with Crippen LogP contribution in [0.3, 0.4) is 0 Å². The highest BCUT2D eigenvalue weighted by molar-refractivity contribution is 6.01. The predicted molar refractivity (Wildman–Crippen MR) is 549 cm³/mol. The Hall–Kier alpha value is -18.5. The van der Waals surface area contributed by atoms with Crippen molar-refractivity contribution in [2.45, 2.75) is 79.6 Å². The van der Waals surface area contributed by atoms with E-state index in [0.29, 0.717) is 116 Å². The highest BCUT2D eigenvalue weighted by Gasteiger charge is 2.27. The molecular weight excluding hydrogens is 1790 g/mol. The Kier molecular flexibility index (Phi) is 24.2. The second kappa shape index (κ2) is 38.2. The molecule has 23 heterocycles. The maximum atomic E-state index is 12.2. The lowest BCUT2D eigenvalue weighted by Gasteiger charge is -2.13. The molecule has 0 aliphatic carbocycles. The van der Waals surface area contributed by atoms with Crippen LogP contribution in [0.1, 0.15) is 61.7 Å². The fourth-order valence-electron chi connectivity index (χ4n) is 18.3. The van der Waals surface area contributed by atoms with E-state index in [1.807, 2.05) is 190 Å². The molecule has 7 aliphatic heterocycles. The molecule has 17 aromatic rings. The number of carbonyl (C=O) groups is 4. The number of nitrogen functional groups attached to an aromatic ring is 4. The summed E-state index contributed by atoms with van der Waals surface area (Å²) in [5.74, 6) is 6.78. The number of pyridine rings is 11. The van der Waals surface area contributed by atoms with E-state index in [1.165, 1.54) is 0 Å². The van der Waals surface area contributed by atoms with Crippen molar-refractivity contribution in [3.63, 3.8) is 0 Å². The van der Waals surface area contributed by atoms with Crippen LogP contribution in [0.2, 0.25) is 0 Å². The highest BCUT2D eigenvalue weighted by Crippen LogP contribution is 2.40. The number of aliphatic imine (C=N–C) groups is 3. The summed E-state index contributed by atoms with van der Waals surface area (Å²) < 4.78 is 8.93. The molecular formula is C102H96N36O4. The number of fused-ring (bicyclic) bond motifs is 8. The molecule has 0 saturated heterocycles. The zero-order chi connectivity index (χ0) is 97.5. The van der Waals surface area contributed by atoms with Gasteiger partial charge in [-0.1, -0.05) is 12.1 Å². The van der Waals surface area contributed by atoms with Crippen LogP contribution in [0.4, 0.5) is 69.8 Å². The lowest BCUT2D eigenvalue weighted by molar-refractivity contribution is -0.131. The number of allylic oxidation sites excluding steroid dienone is 3. The number of hydrogen-bond acceptors (Lipinski definition) is 31. The van der Waals surface area contributed by atoms with Gasteiger partial charge in [0.15, 0.2) is 23.3 Å². The van der Waals surface area contributed by atoms with Gasteiger partial charge in [-0.15, -0.1) is 0 Å². The molecule has 708 valence electrons. The number of likely N-dealkylation sites (N-methyl/N-ethyl adjacent to an activating group) is 2. The number of carbonyl (C=O) groups excluding carboxylic acids is 4. The first-order valence-corrected chi connectivity index (χ1v) is 46.1. The summed E-state index contributed by atoms with van der Waals surface area (Å²) in [5.41, 5.74) is 48.1. The van der Waals surface area contributed by atoms with E-state index in [1.54, 1.807) is 65.8 Å². The van der Waals surface area contributed by atoms with Crippen LogP contribution >= 0.6 is 0 Å². The van der Waals surface area contributed by atoms with Crippen molar-refractivity contribution in [3.8, 4) is 50.7 Å². The lowest BCUT2D eigenvalue weighted by atomic mass is 9.97. The predicted octanol–water partition coefficient (Wildman–Crippen LogP) is 11.7. The Morgan fingerprint density at radius 2 is 0.683 bits per heavy atom. The topological polar surface area (TPSA) is 519 Å². The number of aromatic nitrogens is 21. The Labute approximate surface area is 811 Å². The first-order valence-electron chi connectivity index (χ1n) is 46.1. The summed E-state index contributed by atoms with van der Waals surface area (Å²) >= 11 is 0. The fraction of sp³-hybridized carbons (Fsp3) is 0.206. The third-order valence-corrected chi connectivity index (χ3v) is 26.1. The number of nitrogens with one attached hydrogen (secondary N) is 6. The average Bonchev–Trinajstić information content (AvgIpc) is 1.17. The van der Waals surface area contributed by atoms with Gasteiger partial charge in [-0.25, -0.2) is 44.9 Å². The van der Waals surface area contributed by atoms with Gasteiger partial charge in [0.1, 0.15) is 72.7 Å². The van der Waals surface area contributed by atoms with Gasteiger partial charge in [-0.3, -0.25) is 67.8 Å². The van der Waals surface area contributed by atoms with Crippen LogP contribution in [0, 0.1) is 27.7 Å². The maximum absolute atomic E-state index is 12.2. The second-order valence-electron chi connectivity index (χ2n) is 35.3. The maximum Gasteiger partial charge on any atom is 0.244 e. The van der Waals surface area contributed by atoms with Crippen molar-refractivity contribution < 1.29 is 19.2 Å². The molecule has 7 aliphatic rings. The number of nitrogens with two attached hydrogens (primary N) is 4. The summed E-state index contributed by atoms with van der Waals surface area (Å²) in [5, 5.41) is 43.7.